The fourth-order valence-electron chi connectivity index (χ4n) is 3.35. The summed E-state index contributed by atoms with van der Waals surface area (Å²) >= 11 is 0. The second-order valence-corrected chi connectivity index (χ2v) is 5.70. The molecule has 0 aliphatic heterocycles. The smallest absolute Gasteiger partial charge is 0.0948 e. The molecule has 0 aromatic heterocycles. The van der Waals surface area contributed by atoms with Crippen LogP contribution in [0.3, 0.4) is 0 Å². The van der Waals surface area contributed by atoms with Crippen molar-refractivity contribution in [3.05, 3.63) is 35.4 Å². The van der Waals surface area contributed by atoms with Gasteiger partial charge in [0.2, 0.25) is 0 Å². The molecule has 0 radical (unpaired) electrons. The van der Waals surface area contributed by atoms with E-state index in [1.54, 1.807) is 0 Å². The normalized spacial score (nSPS) is 27.6. The monoisotopic (exact) mass is 247 g/mol. The molecule has 2 rings (SSSR count). The van der Waals surface area contributed by atoms with Gasteiger partial charge in [-0.25, -0.2) is 0 Å². The third-order valence-corrected chi connectivity index (χ3v) is 4.26. The van der Waals surface area contributed by atoms with Gasteiger partial charge in [-0.2, -0.15) is 0 Å². The Morgan fingerprint density at radius 2 is 1.89 bits per heavy atom. The van der Waals surface area contributed by atoms with Gasteiger partial charge in [0.1, 0.15) is 0 Å². The van der Waals surface area contributed by atoms with Gasteiger partial charge < -0.3 is 5.11 Å². The molecule has 18 heavy (non-hydrogen) atoms. The highest BCUT2D eigenvalue weighted by Crippen LogP contribution is 2.39. The van der Waals surface area contributed by atoms with E-state index >= 15 is 0 Å². The number of likely N-dealkylation sites (N-methyl/N-ethyl adjacent to an activating group) is 1. The summed E-state index contributed by atoms with van der Waals surface area (Å²) in [5, 5.41) is 10.6. The number of aliphatic hydroxyl groups is 1. The molecule has 0 fully saturated rings. The number of nitrogens with zero attached hydrogens (tertiary/aromatic N) is 1. The Kier molecular flexibility index (Phi) is 4.08. The second-order valence-electron chi connectivity index (χ2n) is 5.70. The number of hydrogen-bond donors (Lipinski definition) is 1. The van der Waals surface area contributed by atoms with Crippen molar-refractivity contribution in [1.82, 2.24) is 4.90 Å². The first-order valence-electron chi connectivity index (χ1n) is 7.08. The molecule has 0 saturated carbocycles. The van der Waals surface area contributed by atoms with Crippen LogP contribution in [-0.4, -0.2) is 28.6 Å². The lowest BCUT2D eigenvalue weighted by Crippen LogP contribution is -2.46. The standard InChI is InChI=1S/C16H25NO/c1-5-17(11(2)3)15-10-12(4)13-8-6-7-9-14(13)16(15)18/h6-9,11-12,15-16,18H,5,10H2,1-4H3. The Morgan fingerprint density at radius 1 is 1.28 bits per heavy atom. The molecule has 0 bridgehead atoms. The van der Waals surface area contributed by atoms with Crippen LogP contribution in [0, 0.1) is 0 Å². The molecule has 1 N–H and O–H groups in total. The minimum absolute atomic E-state index is 0.250. The zero-order valence-electron chi connectivity index (χ0n) is 11.9. The van der Waals surface area contributed by atoms with E-state index in [-0.39, 0.29) is 12.1 Å². The first kappa shape index (κ1) is 13.6. The average molecular weight is 247 g/mol. The highest BCUT2D eigenvalue weighted by atomic mass is 16.3. The second kappa shape index (κ2) is 5.41. The summed E-state index contributed by atoms with van der Waals surface area (Å²) in [6.07, 6.45) is 0.698. The van der Waals surface area contributed by atoms with E-state index in [9.17, 15) is 5.11 Å². The molecule has 100 valence electrons. The predicted octanol–water partition coefficient (Wildman–Crippen LogP) is 3.33. The van der Waals surface area contributed by atoms with Crippen molar-refractivity contribution in [3.63, 3.8) is 0 Å². The molecule has 0 amide bonds. The molecule has 0 heterocycles. The van der Waals surface area contributed by atoms with E-state index in [0.717, 1.165) is 18.5 Å². The molecule has 1 aliphatic rings. The van der Waals surface area contributed by atoms with Crippen molar-refractivity contribution >= 4 is 0 Å². The fraction of sp³-hybridized carbons (Fsp3) is 0.625. The highest BCUT2D eigenvalue weighted by Gasteiger charge is 2.35. The first-order chi connectivity index (χ1) is 8.56. The van der Waals surface area contributed by atoms with Crippen LogP contribution in [0.25, 0.3) is 0 Å². The van der Waals surface area contributed by atoms with Gasteiger partial charge in [0, 0.05) is 12.1 Å². The molecule has 3 unspecified atom stereocenters. The number of fused-ring (bicyclic) bond motifs is 1. The lowest BCUT2D eigenvalue weighted by Gasteiger charge is -2.42. The van der Waals surface area contributed by atoms with Gasteiger partial charge in [-0.3, -0.25) is 4.90 Å². The topological polar surface area (TPSA) is 23.5 Å². The van der Waals surface area contributed by atoms with Gasteiger partial charge in [0.05, 0.1) is 6.10 Å². The Labute approximate surface area is 111 Å². The van der Waals surface area contributed by atoms with Gasteiger partial charge in [0.25, 0.3) is 0 Å². The maximum Gasteiger partial charge on any atom is 0.0948 e. The molecule has 3 atom stereocenters. The van der Waals surface area contributed by atoms with Crippen molar-refractivity contribution in [2.75, 3.05) is 6.54 Å². The molecular formula is C16H25NO. The van der Waals surface area contributed by atoms with Crippen LogP contribution >= 0.6 is 0 Å². The molecule has 0 spiro atoms. The van der Waals surface area contributed by atoms with Crippen LogP contribution in [0.2, 0.25) is 0 Å². The molecule has 0 saturated heterocycles. The molecule has 2 heteroatoms. The molecule has 1 aliphatic carbocycles. The van der Waals surface area contributed by atoms with E-state index in [2.05, 4.69) is 50.8 Å². The van der Waals surface area contributed by atoms with Crippen molar-refractivity contribution in [3.8, 4) is 0 Å². The number of rotatable bonds is 3. The van der Waals surface area contributed by atoms with E-state index in [1.807, 2.05) is 6.07 Å². The van der Waals surface area contributed by atoms with Crippen LogP contribution in [0.15, 0.2) is 24.3 Å². The largest absolute Gasteiger partial charge is 0.387 e. The third kappa shape index (κ3) is 2.32. The Bertz CT molecular complexity index is 402. The molecule has 1 aromatic rings. The minimum atomic E-state index is -0.347. The van der Waals surface area contributed by atoms with Gasteiger partial charge in [-0.15, -0.1) is 0 Å². The van der Waals surface area contributed by atoms with Crippen LogP contribution in [0.1, 0.15) is 57.3 Å². The zero-order chi connectivity index (χ0) is 13.3. The summed E-state index contributed by atoms with van der Waals surface area (Å²) < 4.78 is 0. The van der Waals surface area contributed by atoms with Crippen LogP contribution in [-0.2, 0) is 0 Å². The van der Waals surface area contributed by atoms with Gasteiger partial charge in [-0.1, -0.05) is 38.1 Å². The lowest BCUT2D eigenvalue weighted by molar-refractivity contribution is 0.0178. The van der Waals surface area contributed by atoms with Gasteiger partial charge in [-0.05, 0) is 43.9 Å². The quantitative estimate of drug-likeness (QED) is 0.885. The molecule has 2 nitrogen and oxygen atoms in total. The maximum absolute atomic E-state index is 10.6. The van der Waals surface area contributed by atoms with Crippen LogP contribution in [0.4, 0.5) is 0 Å². The number of hydrogen-bond acceptors (Lipinski definition) is 2. The molecular weight excluding hydrogens is 222 g/mol. The minimum Gasteiger partial charge on any atom is -0.387 e. The van der Waals surface area contributed by atoms with Gasteiger partial charge in [0.15, 0.2) is 0 Å². The fourth-order valence-corrected chi connectivity index (χ4v) is 3.35. The summed E-state index contributed by atoms with van der Waals surface area (Å²) in [5.41, 5.74) is 2.45. The summed E-state index contributed by atoms with van der Waals surface area (Å²) in [6.45, 7) is 9.86. The predicted molar refractivity (Wildman–Crippen MR) is 75.7 cm³/mol. The summed E-state index contributed by atoms with van der Waals surface area (Å²) in [4.78, 5) is 2.41. The zero-order valence-corrected chi connectivity index (χ0v) is 11.9. The summed E-state index contributed by atoms with van der Waals surface area (Å²) in [5.74, 6) is 0.530. The van der Waals surface area contributed by atoms with Crippen molar-refractivity contribution in [1.29, 1.82) is 0 Å². The van der Waals surface area contributed by atoms with Gasteiger partial charge >= 0.3 is 0 Å². The molecule has 1 aromatic carbocycles. The third-order valence-electron chi connectivity index (χ3n) is 4.26. The van der Waals surface area contributed by atoms with E-state index in [0.29, 0.717) is 12.0 Å². The van der Waals surface area contributed by atoms with Crippen LogP contribution in [0.5, 0.6) is 0 Å². The lowest BCUT2D eigenvalue weighted by atomic mass is 9.78. The summed E-state index contributed by atoms with van der Waals surface area (Å²) in [7, 11) is 0. The van der Waals surface area contributed by atoms with Crippen LogP contribution < -0.4 is 0 Å². The number of benzene rings is 1. The highest BCUT2D eigenvalue weighted by molar-refractivity contribution is 5.35. The SMILES string of the molecule is CCN(C(C)C)C1CC(C)c2ccccc2C1O. The Balaban J connectivity index is 2.33. The Hall–Kier alpha value is -0.860. The maximum atomic E-state index is 10.6. The van der Waals surface area contributed by atoms with Crippen molar-refractivity contribution < 1.29 is 5.11 Å². The number of aliphatic hydroxyl groups excluding tert-OH is 1. The van der Waals surface area contributed by atoms with Crippen molar-refractivity contribution in [2.45, 2.75) is 58.2 Å². The Morgan fingerprint density at radius 3 is 2.44 bits per heavy atom. The summed E-state index contributed by atoms with van der Waals surface area (Å²) in [6, 6.07) is 9.07. The first-order valence-corrected chi connectivity index (χ1v) is 7.08. The van der Waals surface area contributed by atoms with E-state index in [1.165, 1.54) is 5.56 Å². The van der Waals surface area contributed by atoms with E-state index < -0.39 is 0 Å². The van der Waals surface area contributed by atoms with E-state index in [4.69, 9.17) is 0 Å². The van der Waals surface area contributed by atoms with Crippen molar-refractivity contribution in [2.24, 2.45) is 0 Å². The average Bonchev–Trinajstić information content (AvgIpc) is 2.36.